The van der Waals surface area contributed by atoms with Crippen molar-refractivity contribution in [2.45, 2.75) is 6.04 Å². The highest BCUT2D eigenvalue weighted by Gasteiger charge is 2.14. The Labute approximate surface area is 120 Å². The zero-order valence-corrected chi connectivity index (χ0v) is 12.2. The Morgan fingerprint density at radius 1 is 1.20 bits per heavy atom. The van der Waals surface area contributed by atoms with E-state index in [-0.39, 0.29) is 6.04 Å². The summed E-state index contributed by atoms with van der Waals surface area (Å²) in [5, 5.41) is 3.44. The summed E-state index contributed by atoms with van der Waals surface area (Å²) in [4.78, 5) is 6.22. The van der Waals surface area contributed by atoms with Gasteiger partial charge in [0.2, 0.25) is 0 Å². The Hall–Kier alpha value is -2.07. The van der Waals surface area contributed by atoms with Gasteiger partial charge in [-0.15, -0.1) is 0 Å². The molecule has 1 atom stereocenters. The number of rotatable bonds is 6. The molecule has 0 aliphatic carbocycles. The minimum absolute atomic E-state index is 0.276. The average Bonchev–Trinajstić information content (AvgIpc) is 2.48. The van der Waals surface area contributed by atoms with Crippen LogP contribution in [0.4, 0.5) is 5.69 Å². The number of hydrogen-bond acceptors (Lipinski definition) is 4. The minimum Gasteiger partial charge on any atom is -0.497 e. The van der Waals surface area contributed by atoms with Crippen molar-refractivity contribution in [2.24, 2.45) is 0 Å². The SMILES string of the molecule is COc1cccc(C(CNc2ccncc2)N(C)C)c1. The lowest BCUT2D eigenvalue weighted by Gasteiger charge is -2.26. The first kappa shape index (κ1) is 14.3. The number of nitrogens with zero attached hydrogens (tertiary/aromatic N) is 2. The largest absolute Gasteiger partial charge is 0.497 e. The van der Waals surface area contributed by atoms with Gasteiger partial charge in [0.15, 0.2) is 0 Å². The van der Waals surface area contributed by atoms with Crippen LogP contribution in [0.5, 0.6) is 5.75 Å². The van der Waals surface area contributed by atoms with Crippen molar-refractivity contribution in [3.05, 3.63) is 54.4 Å². The van der Waals surface area contributed by atoms with Crippen molar-refractivity contribution in [1.82, 2.24) is 9.88 Å². The number of pyridine rings is 1. The fourth-order valence-electron chi connectivity index (χ4n) is 2.13. The maximum Gasteiger partial charge on any atom is 0.119 e. The van der Waals surface area contributed by atoms with E-state index in [0.29, 0.717) is 0 Å². The molecule has 1 heterocycles. The number of anilines is 1. The summed E-state index contributed by atoms with van der Waals surface area (Å²) >= 11 is 0. The van der Waals surface area contributed by atoms with Crippen molar-refractivity contribution in [1.29, 1.82) is 0 Å². The van der Waals surface area contributed by atoms with E-state index >= 15 is 0 Å². The number of methoxy groups -OCH3 is 1. The Bertz CT molecular complexity index is 528. The van der Waals surface area contributed by atoms with Crippen LogP contribution < -0.4 is 10.1 Å². The van der Waals surface area contributed by atoms with Crippen LogP contribution in [0, 0.1) is 0 Å². The molecular formula is C16H21N3O. The molecule has 0 saturated carbocycles. The number of nitrogens with one attached hydrogen (secondary N) is 1. The van der Waals surface area contributed by atoms with Gasteiger partial charge in [-0.3, -0.25) is 4.98 Å². The van der Waals surface area contributed by atoms with Gasteiger partial charge in [-0.05, 0) is 43.9 Å². The monoisotopic (exact) mass is 271 g/mol. The summed E-state index contributed by atoms with van der Waals surface area (Å²) in [6.07, 6.45) is 3.58. The molecule has 1 N–H and O–H groups in total. The van der Waals surface area contributed by atoms with Crippen LogP contribution in [-0.2, 0) is 0 Å². The number of ether oxygens (including phenoxy) is 1. The fourth-order valence-corrected chi connectivity index (χ4v) is 2.13. The van der Waals surface area contributed by atoms with Crippen LogP contribution in [0.25, 0.3) is 0 Å². The third-order valence-corrected chi connectivity index (χ3v) is 3.28. The molecule has 2 aromatic rings. The molecule has 0 spiro atoms. The van der Waals surface area contributed by atoms with Gasteiger partial charge in [0.05, 0.1) is 13.2 Å². The van der Waals surface area contributed by atoms with Gasteiger partial charge in [0.1, 0.15) is 5.75 Å². The molecular weight excluding hydrogens is 250 g/mol. The first-order valence-electron chi connectivity index (χ1n) is 6.65. The quantitative estimate of drug-likeness (QED) is 0.876. The van der Waals surface area contributed by atoms with Gasteiger partial charge in [-0.1, -0.05) is 12.1 Å². The molecule has 0 saturated heterocycles. The van der Waals surface area contributed by atoms with Gasteiger partial charge in [0, 0.05) is 24.6 Å². The first-order valence-corrected chi connectivity index (χ1v) is 6.65. The maximum absolute atomic E-state index is 5.30. The Balaban J connectivity index is 2.10. The van der Waals surface area contributed by atoms with Crippen LogP contribution in [0.1, 0.15) is 11.6 Å². The summed E-state index contributed by atoms with van der Waals surface area (Å²) < 4.78 is 5.30. The predicted molar refractivity (Wildman–Crippen MR) is 82.1 cm³/mol. The van der Waals surface area contributed by atoms with Gasteiger partial charge >= 0.3 is 0 Å². The second-order valence-electron chi connectivity index (χ2n) is 4.87. The molecule has 0 aliphatic rings. The van der Waals surface area contributed by atoms with E-state index in [9.17, 15) is 0 Å². The van der Waals surface area contributed by atoms with Gasteiger partial charge in [-0.2, -0.15) is 0 Å². The number of hydrogen-bond donors (Lipinski definition) is 1. The zero-order chi connectivity index (χ0) is 14.4. The van der Waals surface area contributed by atoms with E-state index in [1.807, 2.05) is 24.3 Å². The van der Waals surface area contributed by atoms with E-state index in [0.717, 1.165) is 18.0 Å². The summed E-state index contributed by atoms with van der Waals surface area (Å²) in [6.45, 7) is 0.824. The zero-order valence-electron chi connectivity index (χ0n) is 12.2. The lowest BCUT2D eigenvalue weighted by molar-refractivity contribution is 0.310. The summed E-state index contributed by atoms with van der Waals surface area (Å²) in [5.41, 5.74) is 2.31. The van der Waals surface area contributed by atoms with Crippen LogP contribution in [0.2, 0.25) is 0 Å². The molecule has 0 radical (unpaired) electrons. The molecule has 0 amide bonds. The third kappa shape index (κ3) is 3.71. The van der Waals surface area contributed by atoms with E-state index in [1.165, 1.54) is 5.56 Å². The topological polar surface area (TPSA) is 37.4 Å². The molecule has 106 valence electrons. The highest BCUT2D eigenvalue weighted by atomic mass is 16.5. The lowest BCUT2D eigenvalue weighted by atomic mass is 10.1. The average molecular weight is 271 g/mol. The van der Waals surface area contributed by atoms with Crippen LogP contribution in [0.15, 0.2) is 48.8 Å². The van der Waals surface area contributed by atoms with E-state index in [2.05, 4.69) is 41.4 Å². The molecule has 1 aromatic heterocycles. The standard InChI is InChI=1S/C16H21N3O/c1-19(2)16(12-18-14-7-9-17-10-8-14)13-5-4-6-15(11-13)20-3/h4-11,16H,12H2,1-3H3,(H,17,18). The normalized spacial score (nSPS) is 12.2. The van der Waals surface area contributed by atoms with E-state index in [4.69, 9.17) is 4.74 Å². The van der Waals surface area contributed by atoms with Crippen molar-refractivity contribution < 1.29 is 4.74 Å². The highest BCUT2D eigenvalue weighted by molar-refractivity contribution is 5.41. The Kier molecular flexibility index (Phi) is 4.96. The van der Waals surface area contributed by atoms with Crippen molar-refractivity contribution in [2.75, 3.05) is 33.1 Å². The number of benzene rings is 1. The summed E-state index contributed by atoms with van der Waals surface area (Å²) in [5.74, 6) is 0.887. The number of likely N-dealkylation sites (N-methyl/N-ethyl adjacent to an activating group) is 1. The van der Waals surface area contributed by atoms with Crippen molar-refractivity contribution in [3.63, 3.8) is 0 Å². The first-order chi connectivity index (χ1) is 9.70. The molecule has 0 bridgehead atoms. The van der Waals surface area contributed by atoms with Crippen molar-refractivity contribution >= 4 is 5.69 Å². The molecule has 1 unspecified atom stereocenters. The van der Waals surface area contributed by atoms with Gasteiger partial charge in [-0.25, -0.2) is 0 Å². The molecule has 4 nitrogen and oxygen atoms in total. The highest BCUT2D eigenvalue weighted by Crippen LogP contribution is 2.23. The molecule has 4 heteroatoms. The second-order valence-corrected chi connectivity index (χ2v) is 4.87. The Morgan fingerprint density at radius 3 is 2.60 bits per heavy atom. The molecule has 20 heavy (non-hydrogen) atoms. The van der Waals surface area contributed by atoms with E-state index in [1.54, 1.807) is 19.5 Å². The van der Waals surface area contributed by atoms with Gasteiger partial charge < -0.3 is 15.0 Å². The summed E-state index contributed by atoms with van der Waals surface area (Å²) in [6, 6.07) is 12.4. The van der Waals surface area contributed by atoms with Crippen LogP contribution in [-0.4, -0.2) is 37.6 Å². The smallest absolute Gasteiger partial charge is 0.119 e. The van der Waals surface area contributed by atoms with Crippen LogP contribution >= 0.6 is 0 Å². The fraction of sp³-hybridized carbons (Fsp3) is 0.312. The Morgan fingerprint density at radius 2 is 1.95 bits per heavy atom. The van der Waals surface area contributed by atoms with E-state index < -0.39 is 0 Å². The molecule has 0 aliphatic heterocycles. The summed E-state index contributed by atoms with van der Waals surface area (Å²) in [7, 11) is 5.86. The lowest BCUT2D eigenvalue weighted by Crippen LogP contribution is -2.26. The predicted octanol–water partition coefficient (Wildman–Crippen LogP) is 2.81. The van der Waals surface area contributed by atoms with Crippen LogP contribution in [0.3, 0.4) is 0 Å². The molecule has 2 rings (SSSR count). The minimum atomic E-state index is 0.276. The third-order valence-electron chi connectivity index (χ3n) is 3.28. The van der Waals surface area contributed by atoms with Gasteiger partial charge in [0.25, 0.3) is 0 Å². The van der Waals surface area contributed by atoms with Crippen molar-refractivity contribution in [3.8, 4) is 5.75 Å². The second kappa shape index (κ2) is 6.91. The number of aromatic nitrogens is 1. The maximum atomic E-state index is 5.30. The molecule has 0 fully saturated rings. The molecule has 1 aromatic carbocycles.